The minimum atomic E-state index is -0.243. The van der Waals surface area contributed by atoms with E-state index in [4.69, 9.17) is 17.4 Å². The zero-order valence-electron chi connectivity index (χ0n) is 11.4. The quantitative estimate of drug-likeness (QED) is 0.651. The predicted molar refractivity (Wildman–Crippen MR) is 77.4 cm³/mol. The Morgan fingerprint density at radius 2 is 2.05 bits per heavy atom. The summed E-state index contributed by atoms with van der Waals surface area (Å²) in [4.78, 5) is 0. The van der Waals surface area contributed by atoms with E-state index in [1.807, 2.05) is 0 Å². The van der Waals surface area contributed by atoms with Crippen LogP contribution in [0, 0.1) is 11.2 Å². The van der Waals surface area contributed by atoms with E-state index in [0.717, 1.165) is 12.8 Å². The number of nitrogens with one attached hydrogen (secondary N) is 1. The molecule has 1 aliphatic rings. The van der Waals surface area contributed by atoms with Crippen LogP contribution in [-0.2, 0) is 6.42 Å². The Kier molecular flexibility index (Phi) is 4.82. The van der Waals surface area contributed by atoms with E-state index in [0.29, 0.717) is 17.0 Å². The standard InChI is InChI=1S/C15H22ClFN2/c1-15(7-3-2-4-8-15)14(19-18)9-11-5-6-12(16)10-13(11)17/h5-6,10,14,19H,2-4,7-9,18H2,1H3. The molecule has 19 heavy (non-hydrogen) atoms. The summed E-state index contributed by atoms with van der Waals surface area (Å²) in [7, 11) is 0. The molecule has 0 amide bonds. The van der Waals surface area contributed by atoms with E-state index in [2.05, 4.69) is 12.3 Å². The number of benzene rings is 1. The summed E-state index contributed by atoms with van der Waals surface area (Å²) in [6.07, 6.45) is 6.67. The Hall–Kier alpha value is -0.640. The predicted octanol–water partition coefficient (Wildman–Crippen LogP) is 3.82. The van der Waals surface area contributed by atoms with Crippen molar-refractivity contribution in [3.63, 3.8) is 0 Å². The van der Waals surface area contributed by atoms with Gasteiger partial charge in [0.25, 0.3) is 0 Å². The molecule has 0 radical (unpaired) electrons. The average Bonchev–Trinajstić information content (AvgIpc) is 2.38. The highest BCUT2D eigenvalue weighted by Gasteiger charge is 2.35. The Morgan fingerprint density at radius 3 is 2.63 bits per heavy atom. The van der Waals surface area contributed by atoms with Gasteiger partial charge in [0.1, 0.15) is 5.82 Å². The summed E-state index contributed by atoms with van der Waals surface area (Å²) in [6.45, 7) is 2.25. The smallest absolute Gasteiger partial charge is 0.127 e. The van der Waals surface area contributed by atoms with Crippen LogP contribution in [0.1, 0.15) is 44.6 Å². The molecular weight excluding hydrogens is 263 g/mol. The molecule has 0 aliphatic heterocycles. The summed E-state index contributed by atoms with van der Waals surface area (Å²) in [5.74, 6) is 5.47. The topological polar surface area (TPSA) is 38.0 Å². The molecule has 2 nitrogen and oxygen atoms in total. The fraction of sp³-hybridized carbons (Fsp3) is 0.600. The van der Waals surface area contributed by atoms with Crippen LogP contribution in [0.4, 0.5) is 4.39 Å². The summed E-state index contributed by atoms with van der Waals surface area (Å²) in [5.41, 5.74) is 3.73. The van der Waals surface area contributed by atoms with Gasteiger partial charge in [0.05, 0.1) is 0 Å². The lowest BCUT2D eigenvalue weighted by Gasteiger charge is -2.40. The molecule has 0 heterocycles. The van der Waals surface area contributed by atoms with Gasteiger partial charge < -0.3 is 0 Å². The summed E-state index contributed by atoms with van der Waals surface area (Å²) in [6, 6.07) is 4.96. The lowest BCUT2D eigenvalue weighted by atomic mass is 9.69. The minimum Gasteiger partial charge on any atom is -0.271 e. The highest BCUT2D eigenvalue weighted by molar-refractivity contribution is 6.30. The molecule has 1 saturated carbocycles. The van der Waals surface area contributed by atoms with Crippen LogP contribution in [-0.4, -0.2) is 6.04 Å². The van der Waals surface area contributed by atoms with Crippen molar-refractivity contribution >= 4 is 11.6 Å². The Labute approximate surface area is 119 Å². The molecule has 1 aromatic carbocycles. The molecule has 2 rings (SSSR count). The van der Waals surface area contributed by atoms with Gasteiger partial charge in [-0.05, 0) is 42.4 Å². The van der Waals surface area contributed by atoms with Gasteiger partial charge in [-0.15, -0.1) is 0 Å². The van der Waals surface area contributed by atoms with Crippen molar-refractivity contribution in [3.05, 3.63) is 34.6 Å². The number of nitrogens with two attached hydrogens (primary N) is 1. The number of hydrogen-bond donors (Lipinski definition) is 2. The first-order valence-corrected chi connectivity index (χ1v) is 7.33. The third-order valence-corrected chi connectivity index (χ3v) is 4.71. The zero-order chi connectivity index (χ0) is 13.9. The van der Waals surface area contributed by atoms with E-state index in [1.54, 1.807) is 12.1 Å². The molecule has 0 saturated heterocycles. The fourth-order valence-electron chi connectivity index (χ4n) is 3.12. The zero-order valence-corrected chi connectivity index (χ0v) is 12.1. The van der Waals surface area contributed by atoms with E-state index < -0.39 is 0 Å². The molecule has 1 aromatic rings. The van der Waals surface area contributed by atoms with Crippen LogP contribution in [0.25, 0.3) is 0 Å². The maximum Gasteiger partial charge on any atom is 0.127 e. The van der Waals surface area contributed by atoms with Crippen molar-refractivity contribution in [2.24, 2.45) is 11.3 Å². The first-order chi connectivity index (χ1) is 9.05. The highest BCUT2D eigenvalue weighted by Crippen LogP contribution is 2.39. The normalized spacial score (nSPS) is 20.2. The molecule has 4 heteroatoms. The van der Waals surface area contributed by atoms with Crippen molar-refractivity contribution in [2.45, 2.75) is 51.5 Å². The second-order valence-corrected chi connectivity index (χ2v) is 6.31. The van der Waals surface area contributed by atoms with Crippen LogP contribution in [0.5, 0.6) is 0 Å². The summed E-state index contributed by atoms with van der Waals surface area (Å²) < 4.78 is 13.9. The van der Waals surface area contributed by atoms with Gasteiger partial charge >= 0.3 is 0 Å². The van der Waals surface area contributed by atoms with E-state index in [1.165, 1.54) is 25.3 Å². The van der Waals surface area contributed by atoms with Gasteiger partial charge in [0, 0.05) is 11.1 Å². The van der Waals surface area contributed by atoms with Crippen molar-refractivity contribution in [3.8, 4) is 0 Å². The van der Waals surface area contributed by atoms with Crippen LogP contribution in [0.3, 0.4) is 0 Å². The lowest BCUT2D eigenvalue weighted by molar-refractivity contribution is 0.143. The molecule has 3 N–H and O–H groups in total. The Morgan fingerprint density at radius 1 is 1.37 bits per heavy atom. The van der Waals surface area contributed by atoms with Crippen LogP contribution >= 0.6 is 11.6 Å². The fourth-order valence-corrected chi connectivity index (χ4v) is 3.28. The molecule has 0 spiro atoms. The van der Waals surface area contributed by atoms with Gasteiger partial charge in [-0.1, -0.05) is 43.9 Å². The first kappa shape index (κ1) is 14.8. The van der Waals surface area contributed by atoms with E-state index in [9.17, 15) is 4.39 Å². The molecule has 1 fully saturated rings. The van der Waals surface area contributed by atoms with Crippen LogP contribution < -0.4 is 11.3 Å². The van der Waals surface area contributed by atoms with Gasteiger partial charge in [0.2, 0.25) is 0 Å². The molecule has 106 valence electrons. The maximum atomic E-state index is 13.9. The van der Waals surface area contributed by atoms with Gasteiger partial charge in [-0.25, -0.2) is 4.39 Å². The molecule has 0 aromatic heterocycles. The number of rotatable bonds is 4. The van der Waals surface area contributed by atoms with Crippen molar-refractivity contribution in [2.75, 3.05) is 0 Å². The number of halogens is 2. The maximum absolute atomic E-state index is 13.9. The molecule has 1 unspecified atom stereocenters. The van der Waals surface area contributed by atoms with Gasteiger partial charge in [0.15, 0.2) is 0 Å². The van der Waals surface area contributed by atoms with Gasteiger partial charge in [-0.2, -0.15) is 0 Å². The van der Waals surface area contributed by atoms with Crippen molar-refractivity contribution in [1.29, 1.82) is 0 Å². The number of hydrazine groups is 1. The largest absolute Gasteiger partial charge is 0.271 e. The summed E-state index contributed by atoms with van der Waals surface area (Å²) >= 11 is 5.78. The molecule has 1 aliphatic carbocycles. The second kappa shape index (κ2) is 6.21. The molecular formula is C15H22ClFN2. The number of hydrogen-bond acceptors (Lipinski definition) is 2. The second-order valence-electron chi connectivity index (χ2n) is 5.87. The van der Waals surface area contributed by atoms with E-state index in [-0.39, 0.29) is 17.3 Å². The molecule has 0 bridgehead atoms. The van der Waals surface area contributed by atoms with Crippen LogP contribution in [0.15, 0.2) is 18.2 Å². The lowest BCUT2D eigenvalue weighted by Crippen LogP contribution is -2.49. The SMILES string of the molecule is CC1(C(Cc2ccc(Cl)cc2F)NN)CCCCC1. The first-order valence-electron chi connectivity index (χ1n) is 6.95. The van der Waals surface area contributed by atoms with Crippen molar-refractivity contribution < 1.29 is 4.39 Å². The third kappa shape index (κ3) is 3.47. The Balaban J connectivity index is 2.14. The minimum absolute atomic E-state index is 0.100. The van der Waals surface area contributed by atoms with Crippen LogP contribution in [0.2, 0.25) is 5.02 Å². The summed E-state index contributed by atoms with van der Waals surface area (Å²) in [5, 5.41) is 0.433. The monoisotopic (exact) mass is 284 g/mol. The Bertz CT molecular complexity index is 430. The van der Waals surface area contributed by atoms with Crippen molar-refractivity contribution in [1.82, 2.24) is 5.43 Å². The van der Waals surface area contributed by atoms with Gasteiger partial charge in [-0.3, -0.25) is 11.3 Å². The van der Waals surface area contributed by atoms with E-state index >= 15 is 0 Å². The highest BCUT2D eigenvalue weighted by atomic mass is 35.5. The third-order valence-electron chi connectivity index (χ3n) is 4.48. The average molecular weight is 285 g/mol. The molecule has 1 atom stereocenters.